The first-order valence-electron chi connectivity index (χ1n) is 10.6. The van der Waals surface area contributed by atoms with Crippen LogP contribution in [0.25, 0.3) is 10.9 Å². The summed E-state index contributed by atoms with van der Waals surface area (Å²) < 4.78 is 11.3. The quantitative estimate of drug-likeness (QED) is 0.480. The van der Waals surface area contributed by atoms with Gasteiger partial charge in [-0.25, -0.2) is 4.98 Å². The number of fused-ring (bicyclic) bond motifs is 3. The maximum atomic E-state index is 6.26. The van der Waals surface area contributed by atoms with Gasteiger partial charge in [0.2, 0.25) is 0 Å². The highest BCUT2D eigenvalue weighted by atomic mass is 16.5. The zero-order chi connectivity index (χ0) is 20.8. The lowest BCUT2D eigenvalue weighted by molar-refractivity contribution is 0.128. The summed E-state index contributed by atoms with van der Waals surface area (Å²) in [5, 5.41) is 1.13. The highest BCUT2D eigenvalue weighted by molar-refractivity contribution is 6.06. The number of nitrogens with zero attached hydrogens (tertiary/aromatic N) is 2. The second-order valence-electron chi connectivity index (χ2n) is 7.67. The summed E-state index contributed by atoms with van der Waals surface area (Å²) in [6.07, 6.45) is 3.74. The van der Waals surface area contributed by atoms with E-state index in [0.717, 1.165) is 54.6 Å². The number of aliphatic imine (C=N–C) groups is 1. The minimum Gasteiger partial charge on any atom is -0.384 e. The number of para-hydroxylation sites is 1. The molecule has 0 saturated carbocycles. The molecule has 1 aliphatic heterocycles. The van der Waals surface area contributed by atoms with Crippen LogP contribution in [0.2, 0.25) is 0 Å². The third-order valence-corrected chi connectivity index (χ3v) is 5.65. The molecule has 0 saturated heterocycles. The number of anilines is 1. The van der Waals surface area contributed by atoms with Crippen LogP contribution in [0, 0.1) is 0 Å². The van der Waals surface area contributed by atoms with Crippen molar-refractivity contribution in [2.24, 2.45) is 4.99 Å². The van der Waals surface area contributed by atoms with Crippen LogP contribution >= 0.6 is 0 Å². The second kappa shape index (κ2) is 9.83. The van der Waals surface area contributed by atoms with Crippen LogP contribution < -0.4 is 5.73 Å². The molecule has 0 amide bonds. The lowest BCUT2D eigenvalue weighted by atomic mass is 9.89. The Kier molecular flexibility index (Phi) is 6.72. The number of benzene rings is 2. The lowest BCUT2D eigenvalue weighted by Crippen LogP contribution is -2.14. The van der Waals surface area contributed by atoms with E-state index in [1.807, 2.05) is 24.3 Å². The van der Waals surface area contributed by atoms with Crippen LogP contribution in [0.1, 0.15) is 36.3 Å². The molecule has 156 valence electrons. The Bertz CT molecular complexity index is 1020. The average molecular weight is 404 g/mol. The summed E-state index contributed by atoms with van der Waals surface area (Å²) in [6, 6.07) is 18.7. The van der Waals surface area contributed by atoms with Crippen molar-refractivity contribution >= 4 is 28.1 Å². The number of hydrogen-bond donors (Lipinski definition) is 1. The standard InChI is InChI=1S/C25H29N3O2/c1-29-16-14-22-20(13-17-30-15-7-10-18-8-3-2-4-9-18)23-19-11-5-6-12-21(19)28-25(26)24(23)27-22/h2-6,8-9,11-12,20H,7,10,13-17H2,1H3,(H2,26,28). The van der Waals surface area contributed by atoms with Crippen molar-refractivity contribution in [3.05, 3.63) is 65.7 Å². The number of rotatable bonds is 10. The molecule has 0 radical (unpaired) electrons. The molecule has 0 spiro atoms. The molecular formula is C25H29N3O2. The van der Waals surface area contributed by atoms with Crippen LogP contribution in [0.15, 0.2) is 59.6 Å². The molecule has 1 aromatic heterocycles. The fourth-order valence-electron chi connectivity index (χ4n) is 4.18. The van der Waals surface area contributed by atoms with Gasteiger partial charge < -0.3 is 15.2 Å². The lowest BCUT2D eigenvalue weighted by Gasteiger charge is -2.17. The third kappa shape index (κ3) is 4.53. The van der Waals surface area contributed by atoms with Crippen molar-refractivity contribution in [2.45, 2.75) is 31.6 Å². The van der Waals surface area contributed by atoms with Crippen molar-refractivity contribution in [1.82, 2.24) is 4.98 Å². The number of methoxy groups -OCH3 is 1. The summed E-state index contributed by atoms with van der Waals surface area (Å²) in [5.74, 6) is 0.698. The van der Waals surface area contributed by atoms with Crippen LogP contribution in [-0.2, 0) is 15.9 Å². The molecule has 1 unspecified atom stereocenters. The van der Waals surface area contributed by atoms with E-state index in [9.17, 15) is 0 Å². The molecule has 5 heteroatoms. The maximum absolute atomic E-state index is 6.26. The van der Waals surface area contributed by atoms with E-state index in [4.69, 9.17) is 20.2 Å². The van der Waals surface area contributed by atoms with Gasteiger partial charge in [-0.1, -0.05) is 48.5 Å². The fourth-order valence-corrected chi connectivity index (χ4v) is 4.18. The number of pyridine rings is 1. The number of aromatic nitrogens is 1. The van der Waals surface area contributed by atoms with E-state index in [2.05, 4.69) is 35.3 Å². The van der Waals surface area contributed by atoms with E-state index in [0.29, 0.717) is 19.0 Å². The van der Waals surface area contributed by atoms with Crippen LogP contribution in [-0.4, -0.2) is 37.6 Å². The summed E-state index contributed by atoms with van der Waals surface area (Å²) in [7, 11) is 1.72. The number of aryl methyl sites for hydroxylation is 1. The molecule has 2 heterocycles. The van der Waals surface area contributed by atoms with Gasteiger partial charge in [-0.15, -0.1) is 0 Å². The van der Waals surface area contributed by atoms with Gasteiger partial charge in [0.15, 0.2) is 0 Å². The molecule has 1 atom stereocenters. The third-order valence-electron chi connectivity index (χ3n) is 5.65. The molecule has 2 N–H and O–H groups in total. The normalized spacial score (nSPS) is 15.4. The number of hydrogen-bond acceptors (Lipinski definition) is 5. The minimum absolute atomic E-state index is 0.194. The number of nitrogen functional groups attached to an aromatic ring is 1. The van der Waals surface area contributed by atoms with Crippen molar-refractivity contribution in [1.29, 1.82) is 0 Å². The molecule has 1 aliphatic rings. The van der Waals surface area contributed by atoms with Gasteiger partial charge in [-0.3, -0.25) is 4.99 Å². The van der Waals surface area contributed by atoms with Gasteiger partial charge in [-0.2, -0.15) is 0 Å². The number of nitrogens with two attached hydrogens (primary N) is 1. The Morgan fingerprint density at radius 2 is 1.73 bits per heavy atom. The van der Waals surface area contributed by atoms with Gasteiger partial charge in [0.05, 0.1) is 12.1 Å². The molecule has 5 nitrogen and oxygen atoms in total. The van der Waals surface area contributed by atoms with Crippen molar-refractivity contribution in [3.63, 3.8) is 0 Å². The molecule has 3 aromatic rings. The SMILES string of the molecule is COCCC1=Nc2c(N)nc3ccccc3c2C1CCOCCCc1ccccc1. The Labute approximate surface area is 177 Å². The Balaban J connectivity index is 1.43. The van der Waals surface area contributed by atoms with Crippen LogP contribution in [0.3, 0.4) is 0 Å². The number of ether oxygens (including phenoxy) is 2. The monoisotopic (exact) mass is 403 g/mol. The molecule has 2 aromatic carbocycles. The van der Waals surface area contributed by atoms with Gasteiger partial charge in [0, 0.05) is 43.8 Å². The Morgan fingerprint density at radius 1 is 0.933 bits per heavy atom. The smallest absolute Gasteiger partial charge is 0.150 e. The highest BCUT2D eigenvalue weighted by Gasteiger charge is 2.30. The van der Waals surface area contributed by atoms with E-state index in [1.54, 1.807) is 7.11 Å². The van der Waals surface area contributed by atoms with E-state index in [1.165, 1.54) is 11.1 Å². The van der Waals surface area contributed by atoms with Crippen LogP contribution in [0.4, 0.5) is 11.5 Å². The fraction of sp³-hybridized carbons (Fsp3) is 0.360. The van der Waals surface area contributed by atoms with E-state index in [-0.39, 0.29) is 5.92 Å². The predicted octanol–water partition coefficient (Wildman–Crippen LogP) is 5.06. The molecule has 4 rings (SSSR count). The molecular weight excluding hydrogens is 374 g/mol. The molecule has 0 fully saturated rings. The van der Waals surface area contributed by atoms with Crippen LogP contribution in [0.5, 0.6) is 0 Å². The highest BCUT2D eigenvalue weighted by Crippen LogP contribution is 2.45. The van der Waals surface area contributed by atoms with Gasteiger partial charge in [0.1, 0.15) is 11.5 Å². The Morgan fingerprint density at radius 3 is 2.57 bits per heavy atom. The summed E-state index contributed by atoms with van der Waals surface area (Å²) >= 11 is 0. The summed E-state index contributed by atoms with van der Waals surface area (Å²) in [4.78, 5) is 9.42. The minimum atomic E-state index is 0.194. The zero-order valence-corrected chi connectivity index (χ0v) is 17.5. The first-order valence-corrected chi connectivity index (χ1v) is 10.6. The zero-order valence-electron chi connectivity index (χ0n) is 17.5. The average Bonchev–Trinajstić information content (AvgIpc) is 3.15. The van der Waals surface area contributed by atoms with E-state index < -0.39 is 0 Å². The molecule has 0 bridgehead atoms. The molecule has 0 aliphatic carbocycles. The summed E-state index contributed by atoms with van der Waals surface area (Å²) in [6.45, 7) is 2.10. The topological polar surface area (TPSA) is 69.7 Å². The maximum Gasteiger partial charge on any atom is 0.150 e. The van der Waals surface area contributed by atoms with Gasteiger partial charge >= 0.3 is 0 Å². The first kappa shape index (κ1) is 20.5. The van der Waals surface area contributed by atoms with Gasteiger partial charge in [-0.05, 0) is 36.5 Å². The predicted molar refractivity (Wildman–Crippen MR) is 123 cm³/mol. The molecule has 30 heavy (non-hydrogen) atoms. The van der Waals surface area contributed by atoms with Crippen molar-refractivity contribution in [3.8, 4) is 0 Å². The van der Waals surface area contributed by atoms with Crippen molar-refractivity contribution in [2.75, 3.05) is 32.7 Å². The Hall–Kier alpha value is -2.76. The first-order chi connectivity index (χ1) is 14.8. The second-order valence-corrected chi connectivity index (χ2v) is 7.67. The van der Waals surface area contributed by atoms with E-state index >= 15 is 0 Å². The summed E-state index contributed by atoms with van der Waals surface area (Å²) in [5.41, 5.74) is 11.7. The largest absolute Gasteiger partial charge is 0.384 e. The van der Waals surface area contributed by atoms with Crippen molar-refractivity contribution < 1.29 is 9.47 Å². The van der Waals surface area contributed by atoms with Gasteiger partial charge in [0.25, 0.3) is 0 Å².